The number of carbonyl (C=O) groups is 1. The van der Waals surface area contributed by atoms with Gasteiger partial charge in [-0.3, -0.25) is 4.79 Å². The summed E-state index contributed by atoms with van der Waals surface area (Å²) in [5.74, 6) is -0.452. The van der Waals surface area contributed by atoms with Crippen LogP contribution < -0.4 is 15.4 Å². The fraction of sp³-hybridized carbons (Fsp3) is 0.235. The van der Waals surface area contributed by atoms with E-state index in [1.807, 2.05) is 18.2 Å². The first kappa shape index (κ1) is 18.7. The van der Waals surface area contributed by atoms with Crippen molar-refractivity contribution in [2.24, 2.45) is 5.14 Å². The Balaban J connectivity index is 1.87. The van der Waals surface area contributed by atoms with E-state index in [1.165, 1.54) is 18.2 Å². The zero-order chi connectivity index (χ0) is 18.7. The number of nitrogens with zero attached hydrogens (tertiary/aromatic N) is 1. The Bertz CT molecular complexity index is 927. The van der Waals surface area contributed by atoms with Crippen LogP contribution in [0.1, 0.15) is 10.4 Å². The molecule has 2 aromatic carbocycles. The van der Waals surface area contributed by atoms with Gasteiger partial charge in [-0.05, 0) is 30.3 Å². The van der Waals surface area contributed by atoms with Crippen molar-refractivity contribution < 1.29 is 17.9 Å². The normalized spacial score (nSPS) is 14.9. The fourth-order valence-corrected chi connectivity index (χ4v) is 3.79. The van der Waals surface area contributed by atoms with Crippen LogP contribution in [-0.4, -0.2) is 40.6 Å². The van der Waals surface area contributed by atoms with Crippen molar-refractivity contribution in [3.63, 3.8) is 0 Å². The molecular formula is C17H18ClN3O4S. The number of primary sulfonamides is 1. The molecule has 3 N–H and O–H groups in total. The molecule has 0 aromatic heterocycles. The van der Waals surface area contributed by atoms with Gasteiger partial charge < -0.3 is 15.0 Å². The Hall–Kier alpha value is -2.13. The summed E-state index contributed by atoms with van der Waals surface area (Å²) in [6, 6.07) is 11.4. The number of carbonyl (C=O) groups excluding carboxylic acids is 1. The molecule has 0 bridgehead atoms. The number of halogens is 1. The van der Waals surface area contributed by atoms with Crippen LogP contribution >= 0.6 is 11.6 Å². The highest BCUT2D eigenvalue weighted by Crippen LogP contribution is 2.27. The van der Waals surface area contributed by atoms with Crippen LogP contribution in [0, 0.1) is 0 Å². The van der Waals surface area contributed by atoms with Crippen LogP contribution in [-0.2, 0) is 14.8 Å². The number of morpholine rings is 1. The highest BCUT2D eigenvalue weighted by molar-refractivity contribution is 7.89. The molecule has 0 atom stereocenters. The van der Waals surface area contributed by atoms with E-state index in [0.717, 1.165) is 18.8 Å². The molecule has 1 amide bonds. The Morgan fingerprint density at radius 1 is 1.15 bits per heavy atom. The molecule has 0 saturated carbocycles. The van der Waals surface area contributed by atoms with Crippen LogP contribution in [0.2, 0.25) is 5.02 Å². The van der Waals surface area contributed by atoms with Gasteiger partial charge in [0.25, 0.3) is 5.91 Å². The van der Waals surface area contributed by atoms with Crippen LogP contribution in [0.15, 0.2) is 47.4 Å². The summed E-state index contributed by atoms with van der Waals surface area (Å²) in [5, 5.41) is 7.93. The lowest BCUT2D eigenvalue weighted by Gasteiger charge is -2.30. The number of para-hydroxylation sites is 2. The van der Waals surface area contributed by atoms with Gasteiger partial charge in [-0.25, -0.2) is 13.6 Å². The molecule has 0 aliphatic carbocycles. The van der Waals surface area contributed by atoms with E-state index in [1.54, 1.807) is 6.07 Å². The quantitative estimate of drug-likeness (QED) is 0.825. The SMILES string of the molecule is NS(=O)(=O)c1cc(C(=O)Nc2ccccc2N2CCOCC2)ccc1Cl. The maximum Gasteiger partial charge on any atom is 0.255 e. The first-order chi connectivity index (χ1) is 12.4. The van der Waals surface area contributed by atoms with E-state index in [-0.39, 0.29) is 15.5 Å². The average Bonchev–Trinajstić information content (AvgIpc) is 2.62. The topological polar surface area (TPSA) is 102 Å². The predicted octanol–water partition coefficient (Wildman–Crippen LogP) is 2.08. The van der Waals surface area contributed by atoms with E-state index in [2.05, 4.69) is 10.2 Å². The minimum absolute atomic E-state index is 0.0298. The second-order valence-electron chi connectivity index (χ2n) is 5.76. The Morgan fingerprint density at radius 2 is 1.85 bits per heavy atom. The summed E-state index contributed by atoms with van der Waals surface area (Å²) in [7, 11) is -4.02. The van der Waals surface area contributed by atoms with Gasteiger partial charge >= 0.3 is 0 Å². The lowest BCUT2D eigenvalue weighted by molar-refractivity contribution is 0.102. The minimum atomic E-state index is -4.02. The van der Waals surface area contributed by atoms with Gasteiger partial charge in [-0.2, -0.15) is 0 Å². The molecule has 1 aliphatic rings. The zero-order valence-electron chi connectivity index (χ0n) is 13.8. The maximum absolute atomic E-state index is 12.6. The van der Waals surface area contributed by atoms with Crippen molar-refractivity contribution in [3.8, 4) is 0 Å². The third-order valence-electron chi connectivity index (χ3n) is 4.00. The lowest BCUT2D eigenvalue weighted by atomic mass is 10.2. The van der Waals surface area contributed by atoms with Crippen LogP contribution in [0.5, 0.6) is 0 Å². The molecule has 0 spiro atoms. The Labute approximate surface area is 156 Å². The van der Waals surface area contributed by atoms with Crippen molar-refractivity contribution in [3.05, 3.63) is 53.1 Å². The predicted molar refractivity (Wildman–Crippen MR) is 100 cm³/mol. The monoisotopic (exact) mass is 395 g/mol. The van der Waals surface area contributed by atoms with E-state index < -0.39 is 15.9 Å². The first-order valence-electron chi connectivity index (χ1n) is 7.92. The molecule has 7 nitrogen and oxygen atoms in total. The maximum atomic E-state index is 12.6. The van der Waals surface area contributed by atoms with Crippen molar-refractivity contribution in [2.75, 3.05) is 36.5 Å². The smallest absolute Gasteiger partial charge is 0.255 e. The third-order valence-corrected chi connectivity index (χ3v) is 5.40. The number of nitrogens with one attached hydrogen (secondary N) is 1. The number of ether oxygens (including phenoxy) is 1. The number of sulfonamides is 1. The largest absolute Gasteiger partial charge is 0.378 e. The summed E-state index contributed by atoms with van der Waals surface area (Å²) in [6.45, 7) is 2.70. The molecule has 9 heteroatoms. The van der Waals surface area contributed by atoms with Crippen molar-refractivity contribution in [1.82, 2.24) is 0 Å². The van der Waals surface area contributed by atoms with Gasteiger partial charge in [0.2, 0.25) is 10.0 Å². The Morgan fingerprint density at radius 3 is 2.54 bits per heavy atom. The van der Waals surface area contributed by atoms with Gasteiger partial charge in [0.1, 0.15) is 4.90 Å². The molecule has 26 heavy (non-hydrogen) atoms. The van der Waals surface area contributed by atoms with Gasteiger partial charge in [-0.1, -0.05) is 23.7 Å². The molecule has 1 heterocycles. The van der Waals surface area contributed by atoms with Gasteiger partial charge in [0, 0.05) is 18.7 Å². The lowest BCUT2D eigenvalue weighted by Crippen LogP contribution is -2.36. The second-order valence-corrected chi connectivity index (χ2v) is 7.70. The van der Waals surface area contributed by atoms with E-state index in [9.17, 15) is 13.2 Å². The van der Waals surface area contributed by atoms with Crippen LogP contribution in [0.4, 0.5) is 11.4 Å². The molecule has 138 valence electrons. The average molecular weight is 396 g/mol. The Kier molecular flexibility index (Phi) is 5.47. The van der Waals surface area contributed by atoms with E-state index >= 15 is 0 Å². The van der Waals surface area contributed by atoms with Gasteiger partial charge in [0.05, 0.1) is 29.6 Å². The van der Waals surface area contributed by atoms with Crippen molar-refractivity contribution in [2.45, 2.75) is 4.90 Å². The molecule has 2 aromatic rings. The summed E-state index contributed by atoms with van der Waals surface area (Å²) < 4.78 is 28.5. The highest BCUT2D eigenvalue weighted by atomic mass is 35.5. The molecular weight excluding hydrogens is 378 g/mol. The molecule has 1 aliphatic heterocycles. The number of amides is 1. The summed E-state index contributed by atoms with van der Waals surface area (Å²) in [5.41, 5.74) is 1.66. The van der Waals surface area contributed by atoms with Gasteiger partial charge in [0.15, 0.2) is 0 Å². The molecule has 0 unspecified atom stereocenters. The standard InChI is InChI=1S/C17H18ClN3O4S/c18-13-6-5-12(11-16(13)26(19,23)24)17(22)20-14-3-1-2-4-15(14)21-7-9-25-10-8-21/h1-6,11H,7-10H2,(H,20,22)(H2,19,23,24). The number of anilines is 2. The van der Waals surface area contributed by atoms with Crippen LogP contribution in [0.3, 0.4) is 0 Å². The summed E-state index contributed by atoms with van der Waals surface area (Å²) in [4.78, 5) is 14.4. The molecule has 3 rings (SSSR count). The second kappa shape index (κ2) is 7.63. The fourth-order valence-electron chi connectivity index (χ4n) is 2.72. The first-order valence-corrected chi connectivity index (χ1v) is 9.84. The van der Waals surface area contributed by atoms with Crippen molar-refractivity contribution in [1.29, 1.82) is 0 Å². The summed E-state index contributed by atoms with van der Waals surface area (Å²) >= 11 is 5.86. The molecule has 1 saturated heterocycles. The number of rotatable bonds is 4. The third kappa shape index (κ3) is 4.16. The van der Waals surface area contributed by atoms with E-state index in [4.69, 9.17) is 21.5 Å². The molecule has 0 radical (unpaired) electrons. The summed E-state index contributed by atoms with van der Waals surface area (Å²) in [6.07, 6.45) is 0. The minimum Gasteiger partial charge on any atom is -0.378 e. The number of nitrogens with two attached hydrogens (primary N) is 1. The highest BCUT2D eigenvalue weighted by Gasteiger charge is 2.19. The number of hydrogen-bond donors (Lipinski definition) is 2. The number of benzene rings is 2. The zero-order valence-corrected chi connectivity index (χ0v) is 15.4. The molecule has 1 fully saturated rings. The van der Waals surface area contributed by atoms with Crippen LogP contribution in [0.25, 0.3) is 0 Å². The van der Waals surface area contributed by atoms with Crippen molar-refractivity contribution >= 4 is 38.9 Å². The van der Waals surface area contributed by atoms with Gasteiger partial charge in [-0.15, -0.1) is 0 Å². The van der Waals surface area contributed by atoms with E-state index in [0.29, 0.717) is 18.9 Å². The number of hydrogen-bond acceptors (Lipinski definition) is 5.